The molecule has 5 nitrogen and oxygen atoms in total. The second kappa shape index (κ2) is 7.15. The molecule has 28 heavy (non-hydrogen) atoms. The van der Waals surface area contributed by atoms with Crippen molar-refractivity contribution in [2.45, 2.75) is 6.36 Å². The smallest absolute Gasteiger partial charge is 0.406 e. The van der Waals surface area contributed by atoms with Crippen molar-refractivity contribution in [3.8, 4) is 17.1 Å². The van der Waals surface area contributed by atoms with Crippen LogP contribution in [0.4, 0.5) is 24.7 Å². The van der Waals surface area contributed by atoms with Gasteiger partial charge >= 0.3 is 6.36 Å². The molecule has 0 radical (unpaired) electrons. The molecule has 2 heterocycles. The van der Waals surface area contributed by atoms with Crippen LogP contribution < -0.4 is 10.1 Å². The highest BCUT2D eigenvalue weighted by Crippen LogP contribution is 2.30. The lowest BCUT2D eigenvalue weighted by Gasteiger charge is -2.13. The van der Waals surface area contributed by atoms with Gasteiger partial charge in [-0.15, -0.1) is 13.2 Å². The summed E-state index contributed by atoms with van der Waals surface area (Å²) in [7, 11) is 0. The van der Waals surface area contributed by atoms with Crippen LogP contribution in [0, 0.1) is 0 Å². The molecule has 0 aliphatic rings. The molecule has 4 aromatic rings. The summed E-state index contributed by atoms with van der Waals surface area (Å²) in [4.78, 5) is 13.1. The van der Waals surface area contributed by atoms with Crippen LogP contribution in [-0.2, 0) is 0 Å². The van der Waals surface area contributed by atoms with Crippen molar-refractivity contribution in [1.29, 1.82) is 0 Å². The minimum Gasteiger partial charge on any atom is -0.406 e. The molecule has 0 unspecified atom stereocenters. The molecular weight excluding hydrogens is 369 g/mol. The maximum atomic E-state index is 12.5. The summed E-state index contributed by atoms with van der Waals surface area (Å²) in [5, 5.41) is 3.81. The van der Waals surface area contributed by atoms with E-state index in [1.54, 1.807) is 30.6 Å². The van der Waals surface area contributed by atoms with E-state index in [9.17, 15) is 13.2 Å². The zero-order valence-corrected chi connectivity index (χ0v) is 14.3. The largest absolute Gasteiger partial charge is 0.573 e. The lowest BCUT2D eigenvalue weighted by atomic mass is 10.2. The Kier molecular flexibility index (Phi) is 4.52. The number of hydrogen-bond acceptors (Lipinski definition) is 5. The van der Waals surface area contributed by atoms with Gasteiger partial charge in [-0.25, -0.2) is 9.97 Å². The molecule has 2 aromatic carbocycles. The second-order valence-electron chi connectivity index (χ2n) is 5.85. The third kappa shape index (κ3) is 4.01. The van der Waals surface area contributed by atoms with Gasteiger partial charge in [-0.1, -0.05) is 18.2 Å². The van der Waals surface area contributed by atoms with E-state index in [4.69, 9.17) is 0 Å². The number of para-hydroxylation sites is 1. The third-order valence-corrected chi connectivity index (χ3v) is 3.87. The Hall–Kier alpha value is -3.68. The summed E-state index contributed by atoms with van der Waals surface area (Å²) < 4.78 is 41.4. The van der Waals surface area contributed by atoms with E-state index < -0.39 is 6.36 Å². The molecule has 8 heteroatoms. The Morgan fingerprint density at radius 1 is 0.857 bits per heavy atom. The van der Waals surface area contributed by atoms with E-state index in [1.165, 1.54) is 18.2 Å². The van der Waals surface area contributed by atoms with Gasteiger partial charge < -0.3 is 10.1 Å². The Balaban J connectivity index is 1.75. The number of ether oxygens (including phenoxy) is 1. The molecular formula is C20H13F3N4O. The molecule has 0 aliphatic carbocycles. The zero-order valence-electron chi connectivity index (χ0n) is 14.3. The zero-order chi connectivity index (χ0) is 19.6. The number of nitrogens with one attached hydrogen (secondary N) is 1. The average molecular weight is 382 g/mol. The van der Waals surface area contributed by atoms with E-state index in [1.807, 2.05) is 24.3 Å². The summed E-state index contributed by atoms with van der Waals surface area (Å²) in [6.45, 7) is 0. The van der Waals surface area contributed by atoms with Gasteiger partial charge in [0.05, 0.1) is 5.52 Å². The van der Waals surface area contributed by atoms with Crippen LogP contribution in [0.5, 0.6) is 5.75 Å². The minimum atomic E-state index is -4.76. The first-order valence-electron chi connectivity index (χ1n) is 8.28. The van der Waals surface area contributed by atoms with Crippen LogP contribution in [0.1, 0.15) is 0 Å². The maximum absolute atomic E-state index is 12.5. The van der Waals surface area contributed by atoms with Gasteiger partial charge in [0, 0.05) is 35.1 Å². The molecule has 0 fully saturated rings. The van der Waals surface area contributed by atoms with Gasteiger partial charge in [-0.2, -0.15) is 0 Å². The van der Waals surface area contributed by atoms with E-state index in [0.717, 1.165) is 10.9 Å². The highest BCUT2D eigenvalue weighted by Gasteiger charge is 2.31. The number of benzene rings is 2. The average Bonchev–Trinajstić information content (AvgIpc) is 2.67. The van der Waals surface area contributed by atoms with Crippen molar-refractivity contribution in [2.24, 2.45) is 0 Å². The fraction of sp³-hybridized carbons (Fsp3) is 0.0500. The lowest BCUT2D eigenvalue weighted by molar-refractivity contribution is -0.274. The van der Waals surface area contributed by atoms with Gasteiger partial charge in [0.1, 0.15) is 11.6 Å². The van der Waals surface area contributed by atoms with E-state index >= 15 is 0 Å². The molecule has 2 aromatic heterocycles. The van der Waals surface area contributed by atoms with Crippen LogP contribution >= 0.6 is 0 Å². The van der Waals surface area contributed by atoms with Gasteiger partial charge in [-0.05, 0) is 36.4 Å². The summed E-state index contributed by atoms with van der Waals surface area (Å²) in [6, 6.07) is 16.5. The van der Waals surface area contributed by atoms with Crippen LogP contribution in [0.25, 0.3) is 22.3 Å². The molecule has 0 saturated carbocycles. The normalized spacial score (nSPS) is 11.4. The molecule has 1 N–H and O–H groups in total. The van der Waals surface area contributed by atoms with Gasteiger partial charge in [0.2, 0.25) is 0 Å². The van der Waals surface area contributed by atoms with E-state index in [2.05, 4.69) is 25.0 Å². The summed E-state index contributed by atoms with van der Waals surface area (Å²) in [6.07, 6.45) is -1.48. The van der Waals surface area contributed by atoms with Crippen molar-refractivity contribution in [3.05, 3.63) is 73.1 Å². The van der Waals surface area contributed by atoms with Gasteiger partial charge in [0.15, 0.2) is 5.82 Å². The number of nitrogens with zero attached hydrogens (tertiary/aromatic N) is 3. The predicted molar refractivity (Wildman–Crippen MR) is 99.2 cm³/mol. The van der Waals surface area contributed by atoms with Crippen molar-refractivity contribution in [1.82, 2.24) is 15.0 Å². The fourth-order valence-electron chi connectivity index (χ4n) is 2.71. The lowest BCUT2D eigenvalue weighted by Crippen LogP contribution is -2.17. The van der Waals surface area contributed by atoms with Crippen molar-refractivity contribution in [2.75, 3.05) is 5.32 Å². The number of aromatic nitrogens is 3. The molecule has 0 bridgehead atoms. The third-order valence-electron chi connectivity index (χ3n) is 3.87. The molecule has 4 rings (SSSR count). The Bertz CT molecular complexity index is 1120. The standard InChI is InChI=1S/C20H13F3N4O/c21-20(22,23)28-15-5-3-4-14(12-15)25-19-16-6-1-2-7-17(16)26-18(27-19)13-8-10-24-11-9-13/h1-12H,(H,25,26,27). The molecule has 0 atom stereocenters. The van der Waals surface area contributed by atoms with Crippen molar-refractivity contribution < 1.29 is 17.9 Å². The number of rotatable bonds is 4. The number of anilines is 2. The number of pyridine rings is 1. The number of fused-ring (bicyclic) bond motifs is 1. The molecule has 0 saturated heterocycles. The SMILES string of the molecule is FC(F)(F)Oc1cccc(Nc2nc(-c3ccncc3)nc3ccccc23)c1. The number of alkyl halides is 3. The molecule has 0 spiro atoms. The quantitative estimate of drug-likeness (QED) is 0.517. The van der Waals surface area contributed by atoms with Crippen LogP contribution in [0.2, 0.25) is 0 Å². The summed E-state index contributed by atoms with van der Waals surface area (Å²) >= 11 is 0. The van der Waals surface area contributed by atoms with Crippen LogP contribution in [0.15, 0.2) is 73.1 Å². The van der Waals surface area contributed by atoms with Gasteiger partial charge in [0.25, 0.3) is 0 Å². The minimum absolute atomic E-state index is 0.315. The monoisotopic (exact) mass is 382 g/mol. The van der Waals surface area contributed by atoms with E-state index in [-0.39, 0.29) is 5.75 Å². The Labute approximate surface area is 157 Å². The van der Waals surface area contributed by atoms with Crippen LogP contribution in [-0.4, -0.2) is 21.3 Å². The molecule has 0 aliphatic heterocycles. The number of halogens is 3. The number of hydrogen-bond donors (Lipinski definition) is 1. The maximum Gasteiger partial charge on any atom is 0.573 e. The first kappa shape index (κ1) is 17.7. The van der Waals surface area contributed by atoms with E-state index in [0.29, 0.717) is 22.8 Å². The van der Waals surface area contributed by atoms with Crippen molar-refractivity contribution in [3.63, 3.8) is 0 Å². The molecule has 140 valence electrons. The summed E-state index contributed by atoms with van der Waals surface area (Å²) in [5.74, 6) is 0.637. The fourth-order valence-corrected chi connectivity index (χ4v) is 2.71. The van der Waals surface area contributed by atoms with Crippen LogP contribution in [0.3, 0.4) is 0 Å². The Morgan fingerprint density at radius 3 is 2.43 bits per heavy atom. The topological polar surface area (TPSA) is 59.9 Å². The van der Waals surface area contributed by atoms with Crippen molar-refractivity contribution >= 4 is 22.4 Å². The summed E-state index contributed by atoms with van der Waals surface area (Å²) in [5.41, 5.74) is 1.89. The highest BCUT2D eigenvalue weighted by atomic mass is 19.4. The van der Waals surface area contributed by atoms with Gasteiger partial charge in [-0.3, -0.25) is 4.98 Å². The highest BCUT2D eigenvalue weighted by molar-refractivity contribution is 5.92. The second-order valence-corrected chi connectivity index (χ2v) is 5.85. The first-order chi connectivity index (χ1) is 13.5. The predicted octanol–water partition coefficient (Wildman–Crippen LogP) is 5.33. The molecule has 0 amide bonds. The first-order valence-corrected chi connectivity index (χ1v) is 8.28. The Morgan fingerprint density at radius 2 is 1.64 bits per heavy atom.